The molecule has 5 heteroatoms. The number of hydrogen-bond donors (Lipinski definition) is 1. The van der Waals surface area contributed by atoms with E-state index in [1.807, 2.05) is 28.9 Å². The molecule has 2 aromatic rings. The minimum absolute atomic E-state index is 0.540. The molecule has 0 unspecified atom stereocenters. The Kier molecular flexibility index (Phi) is 2.21. The Labute approximate surface area is 102 Å². The van der Waals surface area contributed by atoms with Gasteiger partial charge in [0.15, 0.2) is 5.82 Å². The quantitative estimate of drug-likeness (QED) is 0.918. The van der Waals surface area contributed by atoms with Crippen LogP contribution in [0.25, 0.3) is 5.69 Å². The number of nitrogens with zero attached hydrogens (tertiary/aromatic N) is 3. The summed E-state index contributed by atoms with van der Waals surface area (Å²) in [5.74, 6) is 1.10. The summed E-state index contributed by atoms with van der Waals surface area (Å²) in [5, 5.41) is 8.06. The predicted octanol–water partition coefficient (Wildman–Crippen LogP) is 2.49. The fraction of sp³-hybridized carbons (Fsp3) is 0.273. The molecule has 2 N–H and O–H groups in total. The van der Waals surface area contributed by atoms with E-state index in [0.29, 0.717) is 11.7 Å². The van der Waals surface area contributed by atoms with Gasteiger partial charge < -0.3 is 5.73 Å². The molecule has 1 saturated carbocycles. The molecule has 1 fully saturated rings. The van der Waals surface area contributed by atoms with Crippen LogP contribution in [-0.4, -0.2) is 15.0 Å². The highest BCUT2D eigenvalue weighted by atomic mass is 79.9. The maximum atomic E-state index is 5.85. The van der Waals surface area contributed by atoms with Gasteiger partial charge in [0.2, 0.25) is 0 Å². The number of aromatic nitrogens is 3. The van der Waals surface area contributed by atoms with E-state index in [-0.39, 0.29) is 0 Å². The van der Waals surface area contributed by atoms with Gasteiger partial charge in [-0.1, -0.05) is 21.1 Å². The summed E-state index contributed by atoms with van der Waals surface area (Å²) >= 11 is 3.41. The first kappa shape index (κ1) is 9.84. The first-order valence-electron chi connectivity index (χ1n) is 5.23. The van der Waals surface area contributed by atoms with Gasteiger partial charge >= 0.3 is 0 Å². The number of anilines is 1. The maximum Gasteiger partial charge on any atom is 0.169 e. The van der Waals surface area contributed by atoms with E-state index in [1.165, 1.54) is 12.8 Å². The van der Waals surface area contributed by atoms with E-state index in [1.54, 1.807) is 0 Å². The van der Waals surface area contributed by atoms with E-state index in [0.717, 1.165) is 15.9 Å². The molecule has 3 rings (SSSR count). The topological polar surface area (TPSA) is 56.7 Å². The van der Waals surface area contributed by atoms with E-state index in [4.69, 9.17) is 5.73 Å². The fourth-order valence-electron chi connectivity index (χ4n) is 1.81. The number of nitrogens with two attached hydrogens (primary N) is 1. The zero-order valence-electron chi connectivity index (χ0n) is 8.60. The van der Waals surface area contributed by atoms with E-state index < -0.39 is 0 Å². The molecule has 0 spiro atoms. The van der Waals surface area contributed by atoms with Crippen LogP contribution in [0.2, 0.25) is 0 Å². The van der Waals surface area contributed by atoms with Crippen molar-refractivity contribution in [2.24, 2.45) is 0 Å². The number of rotatable bonds is 2. The first-order chi connectivity index (χ1) is 7.75. The number of halogens is 1. The van der Waals surface area contributed by atoms with Crippen LogP contribution >= 0.6 is 15.9 Å². The van der Waals surface area contributed by atoms with Gasteiger partial charge in [-0.3, -0.25) is 0 Å². The van der Waals surface area contributed by atoms with Crippen LogP contribution in [0.5, 0.6) is 0 Å². The van der Waals surface area contributed by atoms with Crippen LogP contribution in [-0.2, 0) is 0 Å². The molecule has 82 valence electrons. The highest BCUT2D eigenvalue weighted by Gasteiger charge is 2.30. The third kappa shape index (κ3) is 1.61. The van der Waals surface area contributed by atoms with Crippen molar-refractivity contribution in [1.82, 2.24) is 15.0 Å². The molecule has 1 aliphatic rings. The van der Waals surface area contributed by atoms with Crippen molar-refractivity contribution in [3.63, 3.8) is 0 Å². The highest BCUT2D eigenvalue weighted by Crippen LogP contribution is 2.42. The average Bonchev–Trinajstić information content (AvgIpc) is 3.04. The molecule has 1 aromatic carbocycles. The van der Waals surface area contributed by atoms with Crippen molar-refractivity contribution in [2.75, 3.05) is 5.73 Å². The third-order valence-corrected chi connectivity index (χ3v) is 3.30. The van der Waals surface area contributed by atoms with Gasteiger partial charge in [-0.05, 0) is 37.1 Å². The second-order valence-electron chi connectivity index (χ2n) is 4.02. The lowest BCUT2D eigenvalue weighted by molar-refractivity contribution is 0.763. The van der Waals surface area contributed by atoms with Gasteiger partial charge in [0, 0.05) is 10.4 Å². The zero-order chi connectivity index (χ0) is 11.1. The summed E-state index contributed by atoms with van der Waals surface area (Å²) in [7, 11) is 0. The standard InChI is InChI=1S/C11H11BrN4/c12-8-3-5-9(6-4-8)16-10(7-1-2-7)11(13)14-15-16/h3-7H,1-2,13H2. The molecule has 0 bridgehead atoms. The molecule has 0 aliphatic heterocycles. The van der Waals surface area contributed by atoms with Gasteiger partial charge in [0.1, 0.15) is 0 Å². The van der Waals surface area contributed by atoms with Gasteiger partial charge in [-0.15, -0.1) is 5.10 Å². The molecule has 16 heavy (non-hydrogen) atoms. The Balaban J connectivity index is 2.08. The molecule has 1 aromatic heterocycles. The van der Waals surface area contributed by atoms with Gasteiger partial charge in [0.25, 0.3) is 0 Å². The van der Waals surface area contributed by atoms with Crippen LogP contribution in [0.4, 0.5) is 5.82 Å². The molecule has 1 heterocycles. The van der Waals surface area contributed by atoms with Crippen LogP contribution in [0.1, 0.15) is 24.5 Å². The molecule has 4 nitrogen and oxygen atoms in total. The van der Waals surface area contributed by atoms with Crippen LogP contribution < -0.4 is 5.73 Å². The second-order valence-corrected chi connectivity index (χ2v) is 4.94. The van der Waals surface area contributed by atoms with Crippen molar-refractivity contribution in [2.45, 2.75) is 18.8 Å². The first-order valence-corrected chi connectivity index (χ1v) is 6.02. The van der Waals surface area contributed by atoms with Gasteiger partial charge in [-0.2, -0.15) is 0 Å². The molecule has 0 radical (unpaired) electrons. The Morgan fingerprint density at radius 3 is 2.56 bits per heavy atom. The Morgan fingerprint density at radius 1 is 1.25 bits per heavy atom. The summed E-state index contributed by atoms with van der Waals surface area (Å²) in [6, 6.07) is 7.99. The Hall–Kier alpha value is -1.36. The lowest BCUT2D eigenvalue weighted by atomic mass is 10.2. The van der Waals surface area contributed by atoms with E-state index in [2.05, 4.69) is 26.2 Å². The summed E-state index contributed by atoms with van der Waals surface area (Å²) in [6.45, 7) is 0. The monoisotopic (exact) mass is 278 g/mol. The SMILES string of the molecule is Nc1nnn(-c2ccc(Br)cc2)c1C1CC1. The van der Waals surface area contributed by atoms with Crippen molar-refractivity contribution >= 4 is 21.7 Å². The molecular weight excluding hydrogens is 268 g/mol. The fourth-order valence-corrected chi connectivity index (χ4v) is 2.08. The molecular formula is C11H11BrN4. The number of benzene rings is 1. The Morgan fingerprint density at radius 2 is 1.94 bits per heavy atom. The zero-order valence-corrected chi connectivity index (χ0v) is 10.2. The van der Waals surface area contributed by atoms with Crippen LogP contribution in [0.15, 0.2) is 28.7 Å². The lowest BCUT2D eigenvalue weighted by Gasteiger charge is -2.05. The van der Waals surface area contributed by atoms with Crippen LogP contribution in [0, 0.1) is 0 Å². The van der Waals surface area contributed by atoms with Gasteiger partial charge in [0.05, 0.1) is 11.4 Å². The average molecular weight is 279 g/mol. The normalized spacial score (nSPS) is 15.3. The summed E-state index contributed by atoms with van der Waals surface area (Å²) < 4.78 is 2.90. The minimum Gasteiger partial charge on any atom is -0.381 e. The number of hydrogen-bond acceptors (Lipinski definition) is 3. The molecule has 0 amide bonds. The number of nitrogen functional groups attached to an aromatic ring is 1. The minimum atomic E-state index is 0.540. The van der Waals surface area contributed by atoms with Gasteiger partial charge in [-0.25, -0.2) is 4.68 Å². The molecule has 1 aliphatic carbocycles. The van der Waals surface area contributed by atoms with E-state index >= 15 is 0 Å². The Bertz CT molecular complexity index is 513. The van der Waals surface area contributed by atoms with E-state index in [9.17, 15) is 0 Å². The molecule has 0 atom stereocenters. The molecule has 0 saturated heterocycles. The summed E-state index contributed by atoms with van der Waals surface area (Å²) in [6.07, 6.45) is 2.38. The maximum absolute atomic E-state index is 5.85. The summed E-state index contributed by atoms with van der Waals surface area (Å²) in [4.78, 5) is 0. The van der Waals surface area contributed by atoms with Crippen molar-refractivity contribution in [1.29, 1.82) is 0 Å². The lowest BCUT2D eigenvalue weighted by Crippen LogP contribution is -2.02. The smallest absolute Gasteiger partial charge is 0.169 e. The summed E-state index contributed by atoms with van der Waals surface area (Å²) in [5.41, 5.74) is 7.91. The predicted molar refractivity (Wildman–Crippen MR) is 65.4 cm³/mol. The largest absolute Gasteiger partial charge is 0.381 e. The van der Waals surface area contributed by atoms with Crippen molar-refractivity contribution in [3.8, 4) is 5.69 Å². The highest BCUT2D eigenvalue weighted by molar-refractivity contribution is 9.10. The third-order valence-electron chi connectivity index (χ3n) is 2.77. The van der Waals surface area contributed by atoms with Crippen molar-refractivity contribution < 1.29 is 0 Å². The van der Waals surface area contributed by atoms with Crippen LogP contribution in [0.3, 0.4) is 0 Å². The van der Waals surface area contributed by atoms with Crippen molar-refractivity contribution in [3.05, 3.63) is 34.4 Å². The second kappa shape index (κ2) is 3.59.